The summed E-state index contributed by atoms with van der Waals surface area (Å²) in [7, 11) is 0. The normalized spacial score (nSPS) is 26.9. The van der Waals surface area contributed by atoms with Gasteiger partial charge >= 0.3 is 6.09 Å². The molecular formula is C11H22N2O2. The van der Waals surface area contributed by atoms with Crippen molar-refractivity contribution in [2.75, 3.05) is 6.54 Å². The summed E-state index contributed by atoms with van der Waals surface area (Å²) in [6.45, 7) is 8.40. The molecule has 1 rings (SSSR count). The first kappa shape index (κ1) is 12.3. The Morgan fingerprint density at radius 2 is 2.13 bits per heavy atom. The van der Waals surface area contributed by atoms with Gasteiger partial charge in [0, 0.05) is 18.6 Å². The summed E-state index contributed by atoms with van der Waals surface area (Å²) >= 11 is 0. The third-order valence-electron chi connectivity index (χ3n) is 2.64. The maximum Gasteiger partial charge on any atom is 0.410 e. The number of rotatable bonds is 1. The van der Waals surface area contributed by atoms with Crippen LogP contribution in [-0.4, -0.2) is 35.2 Å². The van der Waals surface area contributed by atoms with E-state index in [-0.39, 0.29) is 18.2 Å². The molecule has 2 N–H and O–H groups in total. The minimum absolute atomic E-state index is 0.0996. The highest BCUT2D eigenvalue weighted by Gasteiger charge is 2.35. The maximum absolute atomic E-state index is 11.8. The van der Waals surface area contributed by atoms with Crippen molar-refractivity contribution in [2.24, 2.45) is 5.73 Å². The van der Waals surface area contributed by atoms with Gasteiger partial charge in [-0.15, -0.1) is 0 Å². The standard InChI is InChI=1S/C11H22N2O2/c1-5-9-8(12)6-7-13(9)10(14)15-11(2,3)4/h8-9H,5-7,12H2,1-4H3/t8-,9-/m0/s1. The first-order valence-electron chi connectivity index (χ1n) is 5.60. The number of carbonyl (C=O) groups is 1. The van der Waals surface area contributed by atoms with Gasteiger partial charge in [0.2, 0.25) is 0 Å². The van der Waals surface area contributed by atoms with Crippen LogP contribution >= 0.6 is 0 Å². The summed E-state index contributed by atoms with van der Waals surface area (Å²) in [4.78, 5) is 13.6. The summed E-state index contributed by atoms with van der Waals surface area (Å²) in [5.74, 6) is 0. The van der Waals surface area contributed by atoms with Crippen LogP contribution in [0.1, 0.15) is 40.5 Å². The van der Waals surface area contributed by atoms with Crippen molar-refractivity contribution in [3.05, 3.63) is 0 Å². The molecule has 15 heavy (non-hydrogen) atoms. The van der Waals surface area contributed by atoms with Gasteiger partial charge in [-0.1, -0.05) is 6.92 Å². The molecule has 2 atom stereocenters. The van der Waals surface area contributed by atoms with Gasteiger partial charge < -0.3 is 15.4 Å². The molecule has 0 aromatic rings. The molecule has 1 heterocycles. The fraction of sp³-hybridized carbons (Fsp3) is 0.909. The first-order valence-corrected chi connectivity index (χ1v) is 5.60. The van der Waals surface area contributed by atoms with Gasteiger partial charge in [0.25, 0.3) is 0 Å². The van der Waals surface area contributed by atoms with Crippen molar-refractivity contribution in [2.45, 2.75) is 58.2 Å². The Balaban J connectivity index is 2.60. The van der Waals surface area contributed by atoms with E-state index in [9.17, 15) is 4.79 Å². The zero-order valence-corrected chi connectivity index (χ0v) is 10.1. The molecule has 1 saturated heterocycles. The van der Waals surface area contributed by atoms with E-state index in [1.54, 1.807) is 4.90 Å². The molecule has 0 bridgehead atoms. The molecular weight excluding hydrogens is 192 g/mol. The van der Waals surface area contributed by atoms with E-state index in [0.29, 0.717) is 6.54 Å². The van der Waals surface area contributed by atoms with Crippen LogP contribution < -0.4 is 5.73 Å². The van der Waals surface area contributed by atoms with Gasteiger partial charge in [-0.25, -0.2) is 4.79 Å². The number of hydrogen-bond acceptors (Lipinski definition) is 3. The van der Waals surface area contributed by atoms with Crippen molar-refractivity contribution in [3.63, 3.8) is 0 Å². The van der Waals surface area contributed by atoms with Crippen LogP contribution in [0.2, 0.25) is 0 Å². The van der Waals surface area contributed by atoms with Gasteiger partial charge in [0.1, 0.15) is 5.60 Å². The average Bonchev–Trinajstić information content (AvgIpc) is 2.43. The van der Waals surface area contributed by atoms with Gasteiger partial charge in [0.05, 0.1) is 0 Å². The second-order valence-corrected chi connectivity index (χ2v) is 5.10. The van der Waals surface area contributed by atoms with Crippen molar-refractivity contribution in [1.82, 2.24) is 4.90 Å². The van der Waals surface area contributed by atoms with Crippen LogP contribution in [0, 0.1) is 0 Å². The molecule has 0 unspecified atom stereocenters. The van der Waals surface area contributed by atoms with E-state index in [1.165, 1.54) is 0 Å². The lowest BCUT2D eigenvalue weighted by Gasteiger charge is -2.29. The van der Waals surface area contributed by atoms with E-state index >= 15 is 0 Å². The summed E-state index contributed by atoms with van der Waals surface area (Å²) in [6.07, 6.45) is 1.53. The minimum atomic E-state index is -0.429. The Bertz CT molecular complexity index is 235. The second kappa shape index (κ2) is 4.39. The van der Waals surface area contributed by atoms with Crippen molar-refractivity contribution < 1.29 is 9.53 Å². The van der Waals surface area contributed by atoms with Crippen LogP contribution in [0.15, 0.2) is 0 Å². The summed E-state index contributed by atoms with van der Waals surface area (Å²) in [5.41, 5.74) is 5.50. The number of hydrogen-bond donors (Lipinski definition) is 1. The maximum atomic E-state index is 11.8. The highest BCUT2D eigenvalue weighted by molar-refractivity contribution is 5.69. The molecule has 88 valence electrons. The average molecular weight is 214 g/mol. The number of nitrogens with two attached hydrogens (primary N) is 1. The van der Waals surface area contributed by atoms with Crippen LogP contribution in [0.3, 0.4) is 0 Å². The first-order chi connectivity index (χ1) is 6.85. The molecule has 0 radical (unpaired) electrons. The molecule has 0 saturated carbocycles. The SMILES string of the molecule is CC[C@H]1[C@@H](N)CCN1C(=O)OC(C)(C)C. The zero-order chi connectivity index (χ0) is 11.6. The zero-order valence-electron chi connectivity index (χ0n) is 10.1. The topological polar surface area (TPSA) is 55.6 Å². The molecule has 1 aliphatic heterocycles. The van der Waals surface area contributed by atoms with Crippen LogP contribution in [0.5, 0.6) is 0 Å². The molecule has 0 aromatic carbocycles. The lowest BCUT2D eigenvalue weighted by molar-refractivity contribution is 0.0217. The van der Waals surface area contributed by atoms with Gasteiger partial charge in [0.15, 0.2) is 0 Å². The number of nitrogens with zero attached hydrogens (tertiary/aromatic N) is 1. The minimum Gasteiger partial charge on any atom is -0.444 e. The van der Waals surface area contributed by atoms with Crippen molar-refractivity contribution in [3.8, 4) is 0 Å². The van der Waals surface area contributed by atoms with E-state index in [4.69, 9.17) is 10.5 Å². The monoisotopic (exact) mass is 214 g/mol. The van der Waals surface area contributed by atoms with Crippen molar-refractivity contribution in [1.29, 1.82) is 0 Å². The number of ether oxygens (including phenoxy) is 1. The number of carbonyl (C=O) groups excluding carboxylic acids is 1. The Morgan fingerprint density at radius 1 is 1.53 bits per heavy atom. The van der Waals surface area contributed by atoms with E-state index in [1.807, 2.05) is 27.7 Å². The molecule has 4 nitrogen and oxygen atoms in total. The molecule has 1 fully saturated rings. The summed E-state index contributed by atoms with van der Waals surface area (Å²) in [5, 5.41) is 0. The molecule has 0 aromatic heterocycles. The number of amides is 1. The summed E-state index contributed by atoms with van der Waals surface area (Å²) in [6, 6.07) is 0.238. The highest BCUT2D eigenvalue weighted by Crippen LogP contribution is 2.21. The Labute approximate surface area is 91.8 Å². The largest absolute Gasteiger partial charge is 0.444 e. The van der Waals surface area contributed by atoms with E-state index < -0.39 is 5.60 Å². The lowest BCUT2D eigenvalue weighted by atomic mass is 10.1. The fourth-order valence-electron chi connectivity index (χ4n) is 1.95. The predicted octanol–water partition coefficient (Wildman–Crippen LogP) is 1.73. The van der Waals surface area contributed by atoms with E-state index in [2.05, 4.69) is 0 Å². The van der Waals surface area contributed by atoms with Gasteiger partial charge in [-0.2, -0.15) is 0 Å². The van der Waals surface area contributed by atoms with Gasteiger partial charge in [-0.05, 0) is 33.6 Å². The third-order valence-corrected chi connectivity index (χ3v) is 2.64. The predicted molar refractivity (Wildman–Crippen MR) is 59.6 cm³/mol. The molecule has 4 heteroatoms. The number of likely N-dealkylation sites (tertiary alicyclic amines) is 1. The quantitative estimate of drug-likeness (QED) is 0.723. The van der Waals surface area contributed by atoms with Crippen LogP contribution in [0.25, 0.3) is 0 Å². The van der Waals surface area contributed by atoms with Crippen LogP contribution in [-0.2, 0) is 4.74 Å². The third kappa shape index (κ3) is 3.09. The van der Waals surface area contributed by atoms with Crippen molar-refractivity contribution >= 4 is 6.09 Å². The molecule has 1 aliphatic rings. The Hall–Kier alpha value is -0.770. The van der Waals surface area contributed by atoms with Crippen LogP contribution in [0.4, 0.5) is 4.79 Å². The molecule has 0 aliphatic carbocycles. The summed E-state index contributed by atoms with van der Waals surface area (Å²) < 4.78 is 5.33. The molecule has 0 spiro atoms. The highest BCUT2D eigenvalue weighted by atomic mass is 16.6. The fourth-order valence-corrected chi connectivity index (χ4v) is 1.95. The molecule has 1 amide bonds. The Morgan fingerprint density at radius 3 is 2.60 bits per heavy atom. The van der Waals surface area contributed by atoms with E-state index in [0.717, 1.165) is 12.8 Å². The van der Waals surface area contributed by atoms with Gasteiger partial charge in [-0.3, -0.25) is 0 Å². The Kier molecular flexibility index (Phi) is 3.60. The smallest absolute Gasteiger partial charge is 0.410 e. The second-order valence-electron chi connectivity index (χ2n) is 5.10. The lowest BCUT2D eigenvalue weighted by Crippen LogP contribution is -2.44.